The topological polar surface area (TPSA) is 73.0 Å². The predicted octanol–water partition coefficient (Wildman–Crippen LogP) is 4.28. The van der Waals surface area contributed by atoms with E-state index >= 15 is 0 Å². The molecule has 1 atom stereocenters. The van der Waals surface area contributed by atoms with Crippen molar-refractivity contribution < 1.29 is 9.21 Å². The van der Waals surface area contributed by atoms with Gasteiger partial charge in [-0.2, -0.15) is 5.10 Å². The molecule has 0 radical (unpaired) electrons. The van der Waals surface area contributed by atoms with Crippen molar-refractivity contribution in [3.05, 3.63) is 90.8 Å². The average molecular weight is 386 g/mol. The molecule has 3 heterocycles. The Morgan fingerprint density at radius 1 is 1.14 bits per heavy atom. The van der Waals surface area contributed by atoms with Gasteiger partial charge in [0, 0.05) is 36.6 Å². The summed E-state index contributed by atoms with van der Waals surface area (Å²) < 4.78 is 7.10. The highest BCUT2D eigenvalue weighted by Gasteiger charge is 2.20. The number of pyridine rings is 1. The van der Waals surface area contributed by atoms with E-state index < -0.39 is 0 Å². The van der Waals surface area contributed by atoms with Crippen LogP contribution in [0.3, 0.4) is 0 Å². The van der Waals surface area contributed by atoms with Gasteiger partial charge in [0.05, 0.1) is 17.5 Å². The van der Waals surface area contributed by atoms with Gasteiger partial charge in [0.15, 0.2) is 0 Å². The molecule has 4 rings (SSSR count). The first kappa shape index (κ1) is 18.7. The van der Waals surface area contributed by atoms with Crippen LogP contribution in [0.4, 0.5) is 0 Å². The highest BCUT2D eigenvalue weighted by Crippen LogP contribution is 2.23. The van der Waals surface area contributed by atoms with E-state index in [0.29, 0.717) is 11.3 Å². The number of amides is 1. The summed E-state index contributed by atoms with van der Waals surface area (Å²) >= 11 is 0. The minimum absolute atomic E-state index is 0.00516. The summed E-state index contributed by atoms with van der Waals surface area (Å²) in [5.74, 6) is 0.761. The van der Waals surface area contributed by atoms with Gasteiger partial charge in [-0.05, 0) is 49.7 Å². The molecular weight excluding hydrogens is 364 g/mol. The maximum atomic E-state index is 13.0. The molecule has 146 valence electrons. The molecule has 0 saturated carbocycles. The van der Waals surface area contributed by atoms with Crippen LogP contribution in [0.25, 0.3) is 16.9 Å². The Labute approximate surface area is 169 Å². The zero-order valence-corrected chi connectivity index (χ0v) is 16.2. The Hall–Kier alpha value is -3.67. The third kappa shape index (κ3) is 4.43. The first-order chi connectivity index (χ1) is 14.2. The number of carbonyl (C=O) groups is 1. The number of aromatic nitrogens is 3. The Bertz CT molecular complexity index is 1060. The number of hydrogen-bond donors (Lipinski definition) is 1. The zero-order valence-electron chi connectivity index (χ0n) is 16.2. The number of nitrogens with one attached hydrogen (secondary N) is 1. The van der Waals surface area contributed by atoms with Gasteiger partial charge in [-0.3, -0.25) is 9.78 Å². The van der Waals surface area contributed by atoms with Gasteiger partial charge < -0.3 is 9.73 Å². The molecule has 6 nitrogen and oxygen atoms in total. The fraction of sp³-hybridized carbons (Fsp3) is 0.174. The standard InChI is InChI=1S/C23H22N4O2/c1-17(11-12-20-10-6-14-29-20)25-23(28)21-16-27(19-8-3-2-4-9-19)26-22(21)18-7-5-13-24-15-18/h2-10,13-17H,11-12H2,1H3,(H,25,28)/t17-/m0/s1. The van der Waals surface area contributed by atoms with Crippen LogP contribution >= 0.6 is 0 Å². The summed E-state index contributed by atoms with van der Waals surface area (Å²) in [6.45, 7) is 1.99. The summed E-state index contributed by atoms with van der Waals surface area (Å²) in [6, 6.07) is 17.3. The van der Waals surface area contributed by atoms with Crippen LogP contribution in [0.1, 0.15) is 29.5 Å². The molecule has 0 bridgehead atoms. The molecular formula is C23H22N4O2. The molecule has 0 unspecified atom stereocenters. The lowest BCUT2D eigenvalue weighted by atomic mass is 10.1. The number of hydrogen-bond acceptors (Lipinski definition) is 4. The highest BCUT2D eigenvalue weighted by molar-refractivity contribution is 6.00. The van der Waals surface area contributed by atoms with Crippen molar-refractivity contribution in [2.24, 2.45) is 0 Å². The lowest BCUT2D eigenvalue weighted by Gasteiger charge is -2.13. The van der Waals surface area contributed by atoms with Crippen LogP contribution in [0.15, 0.2) is 83.9 Å². The van der Waals surface area contributed by atoms with Gasteiger partial charge in [0.2, 0.25) is 0 Å². The van der Waals surface area contributed by atoms with Crippen LogP contribution in [0.5, 0.6) is 0 Å². The molecule has 0 aliphatic heterocycles. The molecule has 0 spiro atoms. The third-order valence-corrected chi connectivity index (χ3v) is 4.70. The van der Waals surface area contributed by atoms with E-state index in [9.17, 15) is 4.79 Å². The second-order valence-electron chi connectivity index (χ2n) is 6.91. The summed E-state index contributed by atoms with van der Waals surface area (Å²) in [4.78, 5) is 17.2. The van der Waals surface area contributed by atoms with E-state index in [0.717, 1.165) is 29.9 Å². The van der Waals surface area contributed by atoms with Crippen molar-refractivity contribution in [1.82, 2.24) is 20.1 Å². The molecule has 29 heavy (non-hydrogen) atoms. The second kappa shape index (κ2) is 8.56. The maximum Gasteiger partial charge on any atom is 0.255 e. The molecule has 6 heteroatoms. The molecule has 1 N–H and O–H groups in total. The summed E-state index contributed by atoms with van der Waals surface area (Å²) in [5, 5.41) is 7.75. The SMILES string of the molecule is C[C@@H](CCc1ccco1)NC(=O)c1cn(-c2ccccc2)nc1-c1cccnc1. The van der Waals surface area contributed by atoms with Crippen molar-refractivity contribution in [3.63, 3.8) is 0 Å². The zero-order chi connectivity index (χ0) is 20.1. The number of nitrogens with zero attached hydrogens (tertiary/aromatic N) is 3. The minimum atomic E-state index is -0.155. The third-order valence-electron chi connectivity index (χ3n) is 4.70. The van der Waals surface area contributed by atoms with Crippen molar-refractivity contribution in [2.45, 2.75) is 25.8 Å². The lowest BCUT2D eigenvalue weighted by Crippen LogP contribution is -2.33. The summed E-state index contributed by atoms with van der Waals surface area (Å²) in [7, 11) is 0. The smallest absolute Gasteiger partial charge is 0.255 e. The number of carbonyl (C=O) groups excluding carboxylic acids is 1. The van der Waals surface area contributed by atoms with Gasteiger partial charge >= 0.3 is 0 Å². The molecule has 0 fully saturated rings. The fourth-order valence-electron chi connectivity index (χ4n) is 3.16. The predicted molar refractivity (Wildman–Crippen MR) is 111 cm³/mol. The van der Waals surface area contributed by atoms with Crippen LogP contribution in [-0.4, -0.2) is 26.7 Å². The van der Waals surface area contributed by atoms with Crippen LogP contribution < -0.4 is 5.32 Å². The van der Waals surface area contributed by atoms with Crippen molar-refractivity contribution in [2.75, 3.05) is 0 Å². The summed E-state index contributed by atoms with van der Waals surface area (Å²) in [5.41, 5.74) is 2.82. The lowest BCUT2D eigenvalue weighted by molar-refractivity contribution is 0.0938. The normalized spacial score (nSPS) is 11.9. The number of rotatable bonds is 7. The quantitative estimate of drug-likeness (QED) is 0.515. The maximum absolute atomic E-state index is 13.0. The largest absolute Gasteiger partial charge is 0.469 e. The monoisotopic (exact) mass is 386 g/mol. The highest BCUT2D eigenvalue weighted by atomic mass is 16.3. The van der Waals surface area contributed by atoms with Crippen LogP contribution in [0.2, 0.25) is 0 Å². The fourth-order valence-corrected chi connectivity index (χ4v) is 3.16. The molecule has 3 aromatic heterocycles. The molecule has 0 saturated heterocycles. The van der Waals surface area contributed by atoms with Gasteiger partial charge in [0.25, 0.3) is 5.91 Å². The van der Waals surface area contributed by atoms with E-state index in [4.69, 9.17) is 4.42 Å². The van der Waals surface area contributed by atoms with Crippen molar-refractivity contribution in [3.8, 4) is 16.9 Å². The number of aryl methyl sites for hydroxylation is 1. The first-order valence-corrected chi connectivity index (χ1v) is 9.59. The van der Waals surface area contributed by atoms with E-state index in [1.165, 1.54) is 0 Å². The molecule has 1 aromatic carbocycles. The van der Waals surface area contributed by atoms with Crippen LogP contribution in [0, 0.1) is 0 Å². The van der Waals surface area contributed by atoms with E-state index in [2.05, 4.69) is 15.4 Å². The number of benzene rings is 1. The Morgan fingerprint density at radius 2 is 2.00 bits per heavy atom. The molecule has 0 aliphatic rings. The summed E-state index contributed by atoms with van der Waals surface area (Å²) in [6.07, 6.45) is 8.41. The van der Waals surface area contributed by atoms with E-state index in [1.54, 1.807) is 29.5 Å². The van der Waals surface area contributed by atoms with Crippen molar-refractivity contribution in [1.29, 1.82) is 0 Å². The van der Waals surface area contributed by atoms with Crippen molar-refractivity contribution >= 4 is 5.91 Å². The average Bonchev–Trinajstić information content (AvgIpc) is 3.44. The Morgan fingerprint density at radius 3 is 2.72 bits per heavy atom. The second-order valence-corrected chi connectivity index (χ2v) is 6.91. The molecule has 0 aliphatic carbocycles. The van der Waals surface area contributed by atoms with E-state index in [1.807, 2.05) is 61.5 Å². The first-order valence-electron chi connectivity index (χ1n) is 9.59. The molecule has 4 aromatic rings. The number of para-hydroxylation sites is 1. The van der Waals surface area contributed by atoms with Gasteiger partial charge in [-0.15, -0.1) is 0 Å². The molecule has 1 amide bonds. The van der Waals surface area contributed by atoms with E-state index in [-0.39, 0.29) is 11.9 Å². The Kier molecular flexibility index (Phi) is 5.52. The van der Waals surface area contributed by atoms with Gasteiger partial charge in [0.1, 0.15) is 11.5 Å². The number of furan rings is 1. The Balaban J connectivity index is 1.57. The minimum Gasteiger partial charge on any atom is -0.469 e. The van der Waals surface area contributed by atoms with Crippen LogP contribution in [-0.2, 0) is 6.42 Å². The van der Waals surface area contributed by atoms with Gasteiger partial charge in [-0.25, -0.2) is 4.68 Å². The van der Waals surface area contributed by atoms with Gasteiger partial charge in [-0.1, -0.05) is 18.2 Å².